The largest absolute Gasteiger partial charge is 0.480 e. The first kappa shape index (κ1) is 51.4. The van der Waals surface area contributed by atoms with Crippen molar-refractivity contribution >= 4 is 17.8 Å². The molecule has 0 fully saturated rings. The smallest absolute Gasteiger partial charge is 0.322 e. The van der Waals surface area contributed by atoms with Gasteiger partial charge in [-0.15, -0.1) is 0 Å². The van der Waals surface area contributed by atoms with Gasteiger partial charge in [-0.05, 0) is 77.0 Å². The number of carboxylic acid groups (broad SMARTS) is 1. The fourth-order valence-electron chi connectivity index (χ4n) is 6.68. The van der Waals surface area contributed by atoms with Crippen LogP contribution in [0.3, 0.4) is 0 Å². The second-order valence-electron chi connectivity index (χ2n) is 15.3. The van der Waals surface area contributed by atoms with Gasteiger partial charge in [0.25, 0.3) is 0 Å². The fraction of sp³-hybridized carbons (Fsp3) is 0.771. The number of carbonyl (C=O) groups is 3. The van der Waals surface area contributed by atoms with Gasteiger partial charge in [0, 0.05) is 12.8 Å². The Morgan fingerprint density at radius 1 is 0.500 bits per heavy atom. The third-order valence-corrected chi connectivity index (χ3v) is 10.0. The Labute approximate surface area is 333 Å². The first-order chi connectivity index (χ1) is 26.5. The highest BCUT2D eigenvalue weighted by Gasteiger charge is 2.14. The summed E-state index contributed by atoms with van der Waals surface area (Å²) in [4.78, 5) is 35.1. The molecule has 0 saturated heterocycles. The minimum Gasteiger partial charge on any atom is -0.480 e. The molecule has 2 N–H and O–H groups in total. The normalized spacial score (nSPS) is 12.5. The highest BCUT2D eigenvalue weighted by Crippen LogP contribution is 2.19. The van der Waals surface area contributed by atoms with Crippen LogP contribution in [0.15, 0.2) is 48.6 Å². The molecule has 0 aromatic heterocycles. The summed E-state index contributed by atoms with van der Waals surface area (Å²) in [7, 11) is 0. The Morgan fingerprint density at radius 3 is 1.39 bits per heavy atom. The van der Waals surface area contributed by atoms with Gasteiger partial charge in [0.15, 0.2) is 0 Å². The average molecular weight is 756 g/mol. The van der Waals surface area contributed by atoms with E-state index < -0.39 is 5.97 Å². The second kappa shape index (κ2) is 43.1. The molecular formula is C48H85NO5. The minimum atomic E-state index is -1.02. The molecule has 0 aliphatic heterocycles. The first-order valence-electron chi connectivity index (χ1n) is 22.8. The maximum atomic E-state index is 12.8. The fourth-order valence-corrected chi connectivity index (χ4v) is 6.68. The van der Waals surface area contributed by atoms with E-state index in [2.05, 4.69) is 67.8 Å². The number of allylic oxidation sites excluding steroid dienone is 8. The van der Waals surface area contributed by atoms with Crippen molar-refractivity contribution < 1.29 is 24.2 Å². The van der Waals surface area contributed by atoms with Crippen LogP contribution in [0.1, 0.15) is 226 Å². The molecule has 1 unspecified atom stereocenters. The molecule has 6 nitrogen and oxygen atoms in total. The Balaban J connectivity index is 4.21. The highest BCUT2D eigenvalue weighted by atomic mass is 16.5. The summed E-state index contributed by atoms with van der Waals surface area (Å²) in [5, 5.41) is 11.1. The Kier molecular flexibility index (Phi) is 41.0. The van der Waals surface area contributed by atoms with E-state index in [4.69, 9.17) is 9.84 Å². The number of nitrogens with one attached hydrogen (secondary N) is 1. The molecule has 0 rings (SSSR count). The zero-order chi connectivity index (χ0) is 39.4. The summed E-state index contributed by atoms with van der Waals surface area (Å²) in [5.74, 6) is -1.25. The SMILES string of the molecule is CC/C=C\C/C=C\C/C=C\C/C=C\CCCCCCC(=O)OC(CCCCCCCCCCCCCCCCC)CCCCCCCC(=O)NCC(=O)O. The van der Waals surface area contributed by atoms with Crippen LogP contribution in [0.5, 0.6) is 0 Å². The van der Waals surface area contributed by atoms with Crippen molar-refractivity contribution in [3.05, 3.63) is 48.6 Å². The van der Waals surface area contributed by atoms with Gasteiger partial charge in [-0.2, -0.15) is 0 Å². The standard InChI is InChI=1S/C48H85NO5/c1-3-5-7-9-11-13-15-17-19-20-22-24-26-28-30-35-39-43-48(53)54-45(41-37-33-31-34-38-42-46(50)49-44-47(51)52)40-36-32-29-27-25-23-21-18-16-14-12-10-8-6-4-2/h5,7,11,13,17,19,22,24,45H,3-4,6,8-10,12,14-16,18,20-21,23,25-44H2,1-2H3,(H,49,50)(H,51,52)/b7-5-,13-11-,19-17-,24-22-. The molecule has 1 atom stereocenters. The molecule has 0 radical (unpaired) electrons. The summed E-state index contributed by atoms with van der Waals surface area (Å²) in [6, 6.07) is 0. The van der Waals surface area contributed by atoms with Crippen LogP contribution in [-0.4, -0.2) is 35.6 Å². The molecule has 1 amide bonds. The van der Waals surface area contributed by atoms with E-state index in [9.17, 15) is 14.4 Å². The summed E-state index contributed by atoms with van der Waals surface area (Å²) < 4.78 is 6.04. The number of carbonyl (C=O) groups excluding carboxylic acids is 2. The third-order valence-electron chi connectivity index (χ3n) is 10.0. The lowest BCUT2D eigenvalue weighted by molar-refractivity contribution is -0.150. The monoisotopic (exact) mass is 756 g/mol. The van der Waals surface area contributed by atoms with Crippen LogP contribution in [0.25, 0.3) is 0 Å². The van der Waals surface area contributed by atoms with Gasteiger partial charge < -0.3 is 15.2 Å². The van der Waals surface area contributed by atoms with E-state index in [0.717, 1.165) is 109 Å². The van der Waals surface area contributed by atoms with E-state index in [1.807, 2.05) is 0 Å². The molecule has 312 valence electrons. The first-order valence-corrected chi connectivity index (χ1v) is 22.8. The van der Waals surface area contributed by atoms with Gasteiger partial charge >= 0.3 is 11.9 Å². The number of esters is 1. The van der Waals surface area contributed by atoms with Crippen LogP contribution in [0.4, 0.5) is 0 Å². The van der Waals surface area contributed by atoms with Crippen LogP contribution in [0, 0.1) is 0 Å². The summed E-state index contributed by atoms with van der Waals surface area (Å²) >= 11 is 0. The van der Waals surface area contributed by atoms with Crippen LogP contribution in [0.2, 0.25) is 0 Å². The molecule has 0 saturated carbocycles. The molecule has 0 spiro atoms. The van der Waals surface area contributed by atoms with Crippen molar-refractivity contribution in [3.63, 3.8) is 0 Å². The lowest BCUT2D eigenvalue weighted by Gasteiger charge is -2.18. The highest BCUT2D eigenvalue weighted by molar-refractivity contribution is 5.80. The Morgan fingerprint density at radius 2 is 0.907 bits per heavy atom. The molecule has 0 bridgehead atoms. The Hall–Kier alpha value is -2.63. The topological polar surface area (TPSA) is 92.7 Å². The number of rotatable bonds is 41. The Bertz CT molecular complexity index is 968. The van der Waals surface area contributed by atoms with Gasteiger partial charge in [0.2, 0.25) is 5.91 Å². The van der Waals surface area contributed by atoms with Crippen LogP contribution < -0.4 is 5.32 Å². The van der Waals surface area contributed by atoms with Gasteiger partial charge in [0.05, 0.1) is 0 Å². The van der Waals surface area contributed by atoms with Crippen molar-refractivity contribution in [2.75, 3.05) is 6.54 Å². The molecule has 0 aliphatic carbocycles. The van der Waals surface area contributed by atoms with Crippen molar-refractivity contribution in [2.45, 2.75) is 232 Å². The molecular weight excluding hydrogens is 671 g/mol. The zero-order valence-electron chi connectivity index (χ0n) is 35.3. The van der Waals surface area contributed by atoms with E-state index >= 15 is 0 Å². The average Bonchev–Trinajstić information content (AvgIpc) is 3.16. The molecule has 6 heteroatoms. The number of amides is 1. The summed E-state index contributed by atoms with van der Waals surface area (Å²) in [6.07, 6.45) is 55.2. The maximum Gasteiger partial charge on any atom is 0.322 e. The predicted molar refractivity (Wildman–Crippen MR) is 231 cm³/mol. The number of unbranched alkanes of at least 4 members (excludes halogenated alkanes) is 22. The van der Waals surface area contributed by atoms with Gasteiger partial charge in [-0.1, -0.05) is 184 Å². The van der Waals surface area contributed by atoms with Crippen molar-refractivity contribution in [1.29, 1.82) is 0 Å². The number of aliphatic carboxylic acids is 1. The molecule has 0 heterocycles. The predicted octanol–water partition coefficient (Wildman–Crippen LogP) is 14.2. The van der Waals surface area contributed by atoms with Crippen LogP contribution >= 0.6 is 0 Å². The minimum absolute atomic E-state index is 0.0134. The van der Waals surface area contributed by atoms with Gasteiger partial charge in [0.1, 0.15) is 12.6 Å². The van der Waals surface area contributed by atoms with Crippen molar-refractivity contribution in [1.82, 2.24) is 5.32 Å². The van der Waals surface area contributed by atoms with Crippen molar-refractivity contribution in [2.24, 2.45) is 0 Å². The van der Waals surface area contributed by atoms with Gasteiger partial charge in [-0.3, -0.25) is 14.4 Å². The summed E-state index contributed by atoms with van der Waals surface area (Å²) in [5.41, 5.74) is 0. The number of carboxylic acids is 1. The van der Waals surface area contributed by atoms with E-state index in [1.54, 1.807) is 0 Å². The lowest BCUT2D eigenvalue weighted by Crippen LogP contribution is -2.28. The maximum absolute atomic E-state index is 12.8. The van der Waals surface area contributed by atoms with Gasteiger partial charge in [-0.25, -0.2) is 0 Å². The second-order valence-corrected chi connectivity index (χ2v) is 15.3. The number of hydrogen-bond donors (Lipinski definition) is 2. The third kappa shape index (κ3) is 42.1. The molecule has 0 aliphatic rings. The summed E-state index contributed by atoms with van der Waals surface area (Å²) in [6.45, 7) is 4.12. The molecule has 54 heavy (non-hydrogen) atoms. The molecule has 0 aromatic rings. The van der Waals surface area contributed by atoms with Crippen molar-refractivity contribution in [3.8, 4) is 0 Å². The van der Waals surface area contributed by atoms with E-state index in [1.165, 1.54) is 89.9 Å². The lowest BCUT2D eigenvalue weighted by atomic mass is 10.0. The van der Waals surface area contributed by atoms with Crippen LogP contribution in [-0.2, 0) is 19.1 Å². The molecule has 0 aromatic carbocycles. The van der Waals surface area contributed by atoms with E-state index in [0.29, 0.717) is 12.8 Å². The zero-order valence-corrected chi connectivity index (χ0v) is 35.3. The quantitative estimate of drug-likeness (QED) is 0.0368. The number of hydrogen-bond acceptors (Lipinski definition) is 4. The van der Waals surface area contributed by atoms with E-state index in [-0.39, 0.29) is 24.5 Å². The number of ether oxygens (including phenoxy) is 1.